The maximum atomic E-state index is 12.8. The Balaban J connectivity index is 1.74. The summed E-state index contributed by atoms with van der Waals surface area (Å²) in [5, 5.41) is 7.01. The molecule has 0 saturated carbocycles. The van der Waals surface area contributed by atoms with Crippen LogP contribution in [0.4, 0.5) is 13.2 Å². The molecule has 4 aromatic rings. The summed E-state index contributed by atoms with van der Waals surface area (Å²) in [5.74, 6) is 0.530. The molecule has 2 heterocycles. The number of H-pyrrole nitrogens is 1. The average Bonchev–Trinajstić information content (AvgIpc) is 3.23. The summed E-state index contributed by atoms with van der Waals surface area (Å²) in [6.45, 7) is 4.08. The molecule has 8 heteroatoms. The zero-order valence-electron chi connectivity index (χ0n) is 15.7. The van der Waals surface area contributed by atoms with Crippen molar-refractivity contribution in [2.45, 2.75) is 20.0 Å². The Hall–Kier alpha value is -3.13. The van der Waals surface area contributed by atoms with Gasteiger partial charge in [0.25, 0.3) is 0 Å². The summed E-state index contributed by atoms with van der Waals surface area (Å²) < 4.78 is 42.6. The number of aryl methyl sites for hydroxylation is 2. The lowest BCUT2D eigenvalue weighted by Gasteiger charge is -2.12. The largest absolute Gasteiger partial charge is 0.416 e. The molecular weight excluding hydrogens is 397 g/mol. The van der Waals surface area contributed by atoms with Gasteiger partial charge in [0.15, 0.2) is 10.6 Å². The fourth-order valence-electron chi connectivity index (χ4n) is 3.36. The molecule has 0 amide bonds. The van der Waals surface area contributed by atoms with Crippen molar-refractivity contribution in [2.24, 2.45) is 0 Å². The Kier molecular flexibility index (Phi) is 4.66. The van der Waals surface area contributed by atoms with Crippen LogP contribution < -0.4 is 0 Å². The number of aromatic amines is 1. The van der Waals surface area contributed by atoms with E-state index in [0.29, 0.717) is 16.3 Å². The first-order valence-electron chi connectivity index (χ1n) is 8.86. The number of halogens is 3. The first kappa shape index (κ1) is 19.2. The first-order valence-corrected chi connectivity index (χ1v) is 9.27. The molecule has 0 saturated heterocycles. The predicted molar refractivity (Wildman–Crippen MR) is 108 cm³/mol. The normalized spacial score (nSPS) is 11.8. The third-order valence-electron chi connectivity index (χ3n) is 4.78. The number of aromatic nitrogens is 4. The second kappa shape index (κ2) is 7.04. The highest BCUT2D eigenvalue weighted by Gasteiger charge is 2.30. The number of alkyl halides is 3. The monoisotopic (exact) mass is 414 g/mol. The molecule has 0 aliphatic carbocycles. The highest BCUT2D eigenvalue weighted by Crippen LogP contribution is 2.30. The van der Waals surface area contributed by atoms with Gasteiger partial charge in [-0.05, 0) is 86.7 Å². The zero-order chi connectivity index (χ0) is 20.8. The average molecular weight is 414 g/mol. The van der Waals surface area contributed by atoms with Gasteiger partial charge in [-0.1, -0.05) is 0 Å². The van der Waals surface area contributed by atoms with Crippen LogP contribution in [-0.2, 0) is 6.18 Å². The minimum absolute atomic E-state index is 0.306. The molecule has 0 spiro atoms. The van der Waals surface area contributed by atoms with Crippen LogP contribution in [0, 0.1) is 18.6 Å². The molecule has 0 fully saturated rings. The lowest BCUT2D eigenvalue weighted by molar-refractivity contribution is -0.137. The fourth-order valence-corrected chi connectivity index (χ4v) is 3.60. The topological polar surface area (TPSA) is 38.5 Å². The van der Waals surface area contributed by atoms with E-state index < -0.39 is 11.7 Å². The van der Waals surface area contributed by atoms with Crippen LogP contribution in [0.15, 0.2) is 60.7 Å². The summed E-state index contributed by atoms with van der Waals surface area (Å²) >= 11 is 5.30. The molecule has 4 nitrogen and oxygen atoms in total. The number of nitrogens with zero attached hydrogens (tertiary/aromatic N) is 3. The van der Waals surface area contributed by atoms with Crippen molar-refractivity contribution in [1.82, 2.24) is 19.3 Å². The van der Waals surface area contributed by atoms with Gasteiger partial charge in [-0.25, -0.2) is 0 Å². The molecule has 2 aromatic heterocycles. The van der Waals surface area contributed by atoms with Crippen molar-refractivity contribution in [3.63, 3.8) is 0 Å². The third-order valence-corrected chi connectivity index (χ3v) is 5.05. The summed E-state index contributed by atoms with van der Waals surface area (Å²) in [7, 11) is 0. The molecule has 4 rings (SSSR count). The molecule has 0 aliphatic heterocycles. The van der Waals surface area contributed by atoms with E-state index in [1.54, 1.807) is 4.57 Å². The van der Waals surface area contributed by atoms with Crippen molar-refractivity contribution in [3.8, 4) is 22.8 Å². The minimum Gasteiger partial charge on any atom is -0.319 e. The highest BCUT2D eigenvalue weighted by atomic mass is 32.1. The van der Waals surface area contributed by atoms with Gasteiger partial charge in [-0.2, -0.15) is 18.3 Å². The number of hydrogen-bond donors (Lipinski definition) is 1. The molecule has 1 N–H and O–H groups in total. The summed E-state index contributed by atoms with van der Waals surface area (Å²) in [5.41, 5.74) is 3.87. The number of hydrogen-bond acceptors (Lipinski definition) is 2. The van der Waals surface area contributed by atoms with Gasteiger partial charge in [0.1, 0.15) is 0 Å². The Morgan fingerprint density at radius 3 is 1.86 bits per heavy atom. The minimum atomic E-state index is -4.39. The molecule has 2 aromatic carbocycles. The van der Waals surface area contributed by atoms with Crippen LogP contribution in [0.1, 0.15) is 17.0 Å². The van der Waals surface area contributed by atoms with Crippen molar-refractivity contribution in [1.29, 1.82) is 0 Å². The highest BCUT2D eigenvalue weighted by molar-refractivity contribution is 7.71. The van der Waals surface area contributed by atoms with Gasteiger partial charge in [-0.3, -0.25) is 9.67 Å². The molecular formula is C21H17F3N4S. The summed E-state index contributed by atoms with van der Waals surface area (Å²) in [6.07, 6.45) is -4.39. The Morgan fingerprint density at radius 1 is 0.793 bits per heavy atom. The van der Waals surface area contributed by atoms with Gasteiger partial charge >= 0.3 is 6.18 Å². The second-order valence-electron chi connectivity index (χ2n) is 6.73. The second-order valence-corrected chi connectivity index (χ2v) is 7.12. The van der Waals surface area contributed by atoms with Crippen LogP contribution >= 0.6 is 12.2 Å². The van der Waals surface area contributed by atoms with Crippen molar-refractivity contribution >= 4 is 12.2 Å². The number of rotatable bonds is 3. The van der Waals surface area contributed by atoms with E-state index in [0.717, 1.165) is 34.8 Å². The van der Waals surface area contributed by atoms with E-state index in [9.17, 15) is 13.2 Å². The van der Waals surface area contributed by atoms with E-state index >= 15 is 0 Å². The van der Waals surface area contributed by atoms with Crippen LogP contribution in [0.5, 0.6) is 0 Å². The van der Waals surface area contributed by atoms with Gasteiger partial charge < -0.3 is 4.57 Å². The third kappa shape index (κ3) is 3.51. The van der Waals surface area contributed by atoms with Crippen LogP contribution in [0.2, 0.25) is 0 Å². The van der Waals surface area contributed by atoms with Crippen LogP contribution in [0.3, 0.4) is 0 Å². The fraction of sp³-hybridized carbons (Fsp3) is 0.143. The van der Waals surface area contributed by atoms with E-state index in [1.165, 1.54) is 12.1 Å². The quantitative estimate of drug-likeness (QED) is 0.416. The van der Waals surface area contributed by atoms with E-state index in [2.05, 4.69) is 26.9 Å². The Bertz CT molecular complexity index is 1190. The first-order chi connectivity index (χ1) is 13.8. The molecule has 0 aliphatic rings. The lowest BCUT2D eigenvalue weighted by Crippen LogP contribution is -2.05. The lowest BCUT2D eigenvalue weighted by atomic mass is 10.1. The van der Waals surface area contributed by atoms with Gasteiger partial charge in [0.2, 0.25) is 0 Å². The number of benzene rings is 2. The van der Waals surface area contributed by atoms with Gasteiger partial charge in [0.05, 0.1) is 5.56 Å². The number of nitrogens with one attached hydrogen (secondary N) is 1. The maximum absolute atomic E-state index is 12.8. The molecule has 0 bridgehead atoms. The van der Waals surface area contributed by atoms with Crippen molar-refractivity contribution in [2.75, 3.05) is 0 Å². The van der Waals surface area contributed by atoms with Gasteiger partial charge in [-0.15, -0.1) is 0 Å². The molecule has 0 radical (unpaired) electrons. The predicted octanol–water partition coefficient (Wildman–Crippen LogP) is 6.02. The zero-order valence-corrected chi connectivity index (χ0v) is 16.5. The van der Waals surface area contributed by atoms with Crippen molar-refractivity contribution in [3.05, 3.63) is 82.4 Å². The SMILES string of the molecule is Cc1ccc(C)n1-c1ccc(-c2n[nH]c(=S)n2-c2ccc(C(F)(F)F)cc2)cc1. The standard InChI is InChI=1S/C21H17F3N4S/c1-13-3-4-14(2)27(13)17-9-5-15(6-10-17)19-25-26-20(29)28(19)18-11-7-16(8-12-18)21(22,23)24/h3-12H,1-2H3,(H,26,29). The maximum Gasteiger partial charge on any atom is 0.416 e. The van der Waals surface area contributed by atoms with E-state index in [1.807, 2.05) is 38.1 Å². The Labute approximate surface area is 170 Å². The summed E-state index contributed by atoms with van der Waals surface area (Å²) in [4.78, 5) is 0. The smallest absolute Gasteiger partial charge is 0.319 e. The van der Waals surface area contributed by atoms with Crippen molar-refractivity contribution < 1.29 is 13.2 Å². The van der Waals surface area contributed by atoms with Crippen LogP contribution in [-0.4, -0.2) is 19.3 Å². The van der Waals surface area contributed by atoms with Crippen LogP contribution in [0.25, 0.3) is 22.8 Å². The van der Waals surface area contributed by atoms with E-state index in [4.69, 9.17) is 12.2 Å². The Morgan fingerprint density at radius 2 is 1.31 bits per heavy atom. The molecule has 0 atom stereocenters. The summed E-state index contributed by atoms with van der Waals surface area (Å²) in [6, 6.07) is 16.7. The van der Waals surface area contributed by atoms with E-state index in [-0.39, 0.29) is 0 Å². The molecule has 29 heavy (non-hydrogen) atoms. The molecule has 0 unspecified atom stereocenters. The molecule has 148 valence electrons. The van der Waals surface area contributed by atoms with Gasteiger partial charge in [0, 0.05) is 28.3 Å².